The van der Waals surface area contributed by atoms with Gasteiger partial charge >= 0.3 is 5.97 Å². The molecule has 0 radical (unpaired) electrons. The molecule has 1 saturated carbocycles. The summed E-state index contributed by atoms with van der Waals surface area (Å²) in [5.74, 6) is -10.7. The van der Waals surface area contributed by atoms with Crippen molar-refractivity contribution in [2.75, 3.05) is 34.0 Å². The summed E-state index contributed by atoms with van der Waals surface area (Å²) in [6, 6.07) is -1.20. The number of carbonyl (C=O) groups is 5. The van der Waals surface area contributed by atoms with E-state index < -0.39 is 120 Å². The van der Waals surface area contributed by atoms with Crippen LogP contribution in [0.15, 0.2) is 47.6 Å². The van der Waals surface area contributed by atoms with Crippen molar-refractivity contribution in [2.24, 2.45) is 35.5 Å². The highest BCUT2D eigenvalue weighted by Crippen LogP contribution is 2.41. The van der Waals surface area contributed by atoms with Crippen LogP contribution in [-0.4, -0.2) is 179 Å². The van der Waals surface area contributed by atoms with E-state index in [1.165, 1.54) is 12.0 Å². The van der Waals surface area contributed by atoms with Gasteiger partial charge in [0.25, 0.3) is 11.7 Å². The summed E-state index contributed by atoms with van der Waals surface area (Å²) < 4.78 is 55.7. The molecule has 1 aliphatic carbocycles. The highest BCUT2D eigenvalue weighted by atomic mass is 16.8. The molecule has 458 valence electrons. The summed E-state index contributed by atoms with van der Waals surface area (Å²) >= 11 is 0. The van der Waals surface area contributed by atoms with Crippen LogP contribution in [0.1, 0.15) is 153 Å². The van der Waals surface area contributed by atoms with Crippen LogP contribution in [0.5, 0.6) is 0 Å². The highest BCUT2D eigenvalue weighted by Gasteiger charge is 2.55. The van der Waals surface area contributed by atoms with Crippen molar-refractivity contribution in [1.82, 2.24) is 4.90 Å². The van der Waals surface area contributed by atoms with Crippen LogP contribution >= 0.6 is 0 Å². The first-order chi connectivity index (χ1) is 38.1. The van der Waals surface area contributed by atoms with Crippen LogP contribution in [0.3, 0.4) is 0 Å². The number of esters is 1. The Balaban J connectivity index is 1.32. The Hall–Kier alpha value is -3.57. The number of aliphatic hydroxyl groups excluding tert-OH is 3. The number of nitrogens with zero attached hydrogens (tertiary/aromatic N) is 1. The molecule has 0 aromatic heterocycles. The number of aliphatic hydroxyl groups is 4. The topological polar surface area (TPSA) is 253 Å². The number of amides is 1. The third-order valence-corrected chi connectivity index (χ3v) is 17.6. The molecule has 1 amide bonds. The van der Waals surface area contributed by atoms with Gasteiger partial charge in [0.2, 0.25) is 5.79 Å². The number of cyclic esters (lactones) is 1. The van der Waals surface area contributed by atoms with Crippen molar-refractivity contribution in [2.45, 2.75) is 244 Å². The maximum absolute atomic E-state index is 14.7. The molecule has 81 heavy (non-hydrogen) atoms. The Labute approximate surface area is 480 Å². The molecule has 6 aliphatic rings. The van der Waals surface area contributed by atoms with Crippen LogP contribution in [-0.2, 0) is 66.6 Å². The molecular formula is C62H97NO18. The molecule has 4 N–H and O–H groups in total. The Morgan fingerprint density at radius 1 is 0.778 bits per heavy atom. The van der Waals surface area contributed by atoms with E-state index in [1.54, 1.807) is 68.6 Å². The Morgan fingerprint density at radius 3 is 2.12 bits per heavy atom. The fraction of sp³-hybridized carbons (Fsp3) is 0.790. The number of methoxy groups -OCH3 is 2. The number of allylic oxidation sites excluding steroid dienone is 6. The van der Waals surface area contributed by atoms with Gasteiger partial charge in [-0.1, -0.05) is 71.1 Å². The molecule has 0 spiro atoms. The number of hydrogen-bond donors (Lipinski definition) is 4. The summed E-state index contributed by atoms with van der Waals surface area (Å²) in [5.41, 5.74) is 1.12. The van der Waals surface area contributed by atoms with E-state index in [2.05, 4.69) is 0 Å². The lowest BCUT2D eigenvalue weighted by molar-refractivity contribution is -0.266. The molecule has 2 bridgehead atoms. The largest absolute Gasteiger partial charge is 0.460 e. The zero-order valence-electron chi connectivity index (χ0n) is 50.4. The van der Waals surface area contributed by atoms with Gasteiger partial charge in [0.15, 0.2) is 17.4 Å². The predicted molar refractivity (Wildman–Crippen MR) is 299 cm³/mol. The minimum absolute atomic E-state index is 0.000301. The van der Waals surface area contributed by atoms with E-state index in [1.807, 2.05) is 51.2 Å². The lowest BCUT2D eigenvalue weighted by Crippen LogP contribution is -2.61. The minimum Gasteiger partial charge on any atom is -0.460 e. The van der Waals surface area contributed by atoms with E-state index in [9.17, 15) is 44.4 Å². The summed E-state index contributed by atoms with van der Waals surface area (Å²) in [7, 11) is 2.93. The van der Waals surface area contributed by atoms with Crippen molar-refractivity contribution in [1.29, 1.82) is 0 Å². The number of piperidine rings is 1. The average molecular weight is 1140 g/mol. The molecule has 0 aromatic rings. The number of Topliss-reactive ketones (excluding diaryl/α,β-unsaturated/α-hetero) is 3. The van der Waals surface area contributed by atoms with Gasteiger partial charge in [-0.15, -0.1) is 0 Å². The molecule has 0 aromatic carbocycles. The van der Waals surface area contributed by atoms with Crippen molar-refractivity contribution in [3.05, 3.63) is 47.6 Å². The molecule has 6 rings (SSSR count). The number of carbonyl (C=O) groups excluding carboxylic acids is 5. The quantitative estimate of drug-likeness (QED) is 0.102. The van der Waals surface area contributed by atoms with E-state index in [0.717, 1.165) is 5.57 Å². The van der Waals surface area contributed by atoms with E-state index >= 15 is 0 Å². The van der Waals surface area contributed by atoms with Gasteiger partial charge in [-0.25, -0.2) is 4.79 Å². The zero-order chi connectivity index (χ0) is 59.7. The summed E-state index contributed by atoms with van der Waals surface area (Å²) in [5, 5.41) is 44.8. The number of fused-ring (bicyclic) bond motifs is 3. The van der Waals surface area contributed by atoms with E-state index in [-0.39, 0.29) is 74.4 Å². The number of ketones is 3. The number of hydrogen-bond acceptors (Lipinski definition) is 18. The van der Waals surface area contributed by atoms with Gasteiger partial charge in [0.05, 0.1) is 37.6 Å². The molecule has 4 saturated heterocycles. The Bertz CT molecular complexity index is 2280. The monoisotopic (exact) mass is 1140 g/mol. The molecule has 1 unspecified atom stereocenters. The van der Waals surface area contributed by atoms with Crippen LogP contribution in [0.4, 0.5) is 0 Å². The predicted octanol–water partition coefficient (Wildman–Crippen LogP) is 6.58. The van der Waals surface area contributed by atoms with E-state index in [0.29, 0.717) is 63.4 Å². The first-order valence-corrected chi connectivity index (χ1v) is 29.7. The fourth-order valence-electron chi connectivity index (χ4n) is 12.8. The van der Waals surface area contributed by atoms with Gasteiger partial charge < -0.3 is 68.0 Å². The number of ether oxygens (including phenoxy) is 9. The summed E-state index contributed by atoms with van der Waals surface area (Å²) in [6.07, 6.45) is 6.99. The molecule has 19 atom stereocenters. The van der Waals surface area contributed by atoms with Gasteiger partial charge in [0, 0.05) is 51.4 Å². The second-order valence-electron chi connectivity index (χ2n) is 25.1. The Kier molecular flexibility index (Phi) is 23.8. The molecule has 19 nitrogen and oxygen atoms in total. The molecular weight excluding hydrogens is 1050 g/mol. The van der Waals surface area contributed by atoms with E-state index in [4.69, 9.17) is 42.6 Å². The molecule has 5 aliphatic heterocycles. The smallest absolute Gasteiger partial charge is 0.329 e. The molecule has 5 fully saturated rings. The Morgan fingerprint density at radius 2 is 1.46 bits per heavy atom. The lowest BCUT2D eigenvalue weighted by Gasteiger charge is -2.43. The van der Waals surface area contributed by atoms with Crippen LogP contribution in [0, 0.1) is 35.5 Å². The third-order valence-electron chi connectivity index (χ3n) is 17.6. The first-order valence-electron chi connectivity index (χ1n) is 29.7. The van der Waals surface area contributed by atoms with Crippen molar-refractivity contribution >= 4 is 29.2 Å². The lowest BCUT2D eigenvalue weighted by atomic mass is 9.78. The molecule has 19 heteroatoms. The normalized spacial score (nSPS) is 40.7. The standard InChI is InChI=1S/C62H97NO18/c1-35-19-15-14-16-20-36(2)47(75-34-51-55(81-61(10,11)79-51)54-50(33-64)78-60(8,9)80-54)31-43-24-22-41(7)62(72,77-43)57(69)58(70)63-26-18-17-21-44(63)59(71)76-48(38(4)29-42-23-25-45(65)49(30-42)73-12)32-46(66)37(3)28-40(6)53(68)56(74-13)52(67)39(5)27-35/h14-16,19-20,28,35,37-39,41-45,47-51,53-56,64-65,68,72H,17-18,21-27,29-34H2,1-13H3/b16-14?,19-15+,36-20?,40-28+/t35-,37-,38-,39-,41-,42+,43+,44+,45-,47?,48+,49-,50-,51-,53-,54-,55-,56+,62-/m1/s1. The van der Waals surface area contributed by atoms with Crippen LogP contribution in [0.2, 0.25) is 0 Å². The maximum Gasteiger partial charge on any atom is 0.329 e. The average Bonchev–Trinajstić information content (AvgIpc) is 3.92. The van der Waals surface area contributed by atoms with Gasteiger partial charge in [-0.2, -0.15) is 0 Å². The first kappa shape index (κ1) is 66.6. The highest BCUT2D eigenvalue weighted by molar-refractivity contribution is 6.39. The summed E-state index contributed by atoms with van der Waals surface area (Å²) in [6.45, 7) is 19.4. The second kappa shape index (κ2) is 29.0. The zero-order valence-corrected chi connectivity index (χ0v) is 50.4. The van der Waals surface area contributed by atoms with Crippen molar-refractivity contribution in [3.63, 3.8) is 0 Å². The second-order valence-corrected chi connectivity index (χ2v) is 25.1. The van der Waals surface area contributed by atoms with Crippen molar-refractivity contribution in [3.8, 4) is 0 Å². The van der Waals surface area contributed by atoms with Crippen LogP contribution < -0.4 is 0 Å². The van der Waals surface area contributed by atoms with Crippen molar-refractivity contribution < 1.29 is 87.0 Å². The van der Waals surface area contributed by atoms with Crippen LogP contribution in [0.25, 0.3) is 0 Å². The van der Waals surface area contributed by atoms with Gasteiger partial charge in [0.1, 0.15) is 54.6 Å². The van der Waals surface area contributed by atoms with Gasteiger partial charge in [-0.3, -0.25) is 19.2 Å². The summed E-state index contributed by atoms with van der Waals surface area (Å²) in [4.78, 5) is 73.3. The third kappa shape index (κ3) is 17.1. The minimum atomic E-state index is -2.56. The maximum atomic E-state index is 14.7. The van der Waals surface area contributed by atoms with Gasteiger partial charge in [-0.05, 0) is 135 Å². The number of rotatable bonds is 10. The fourth-order valence-corrected chi connectivity index (χ4v) is 12.8. The SMILES string of the molecule is CO[C@@H]1C[C@H](C[C@@H](C)[C@@H]2CC(=O)[C@H](C)/C=C(\C)[C@@H](O)[C@@H](OC)C(=O)[C@H](C)C[C@H](C)/C=C/C=CC=C(C)C(OC[C@H]3OC(C)(C)O[C@H]3[C@@H]3OC(C)(C)O[C@@H]3CO)C[C@@H]3CC[C@@H](C)[C@@](O)(O3)C(=O)C(=O)N3CCCC[C@H]3C(=O)O2)CC[C@H]1O. The molecule has 5 heterocycles.